The van der Waals surface area contributed by atoms with Crippen molar-refractivity contribution in [1.82, 2.24) is 20.6 Å². The molecule has 31 heavy (non-hydrogen) atoms. The number of carbonyl (C=O) groups excluding carboxylic acids is 1. The average molecular weight is 418 g/mol. The first-order valence-electron chi connectivity index (χ1n) is 10.6. The molecule has 7 heteroatoms. The second-order valence-electron chi connectivity index (χ2n) is 7.72. The van der Waals surface area contributed by atoms with E-state index in [0.29, 0.717) is 22.9 Å². The highest BCUT2D eigenvalue weighted by molar-refractivity contribution is 6.09. The number of H-pyrrole nitrogens is 1. The number of unbranched alkanes of at least 4 members (excludes halogenated alkanes) is 2. The number of hydrogen-bond donors (Lipinski definition) is 1. The SMILES string of the molecule is CCCCCc1ccc(/C=C/C(=O)c2cc(C)cc3c2OC(c2nn[nH]n2)CO3)cc1. The Bertz CT molecular complexity index is 1060. The fourth-order valence-electron chi connectivity index (χ4n) is 3.56. The van der Waals surface area contributed by atoms with Crippen LogP contribution < -0.4 is 9.47 Å². The fourth-order valence-corrected chi connectivity index (χ4v) is 3.56. The summed E-state index contributed by atoms with van der Waals surface area (Å²) in [5, 5.41) is 13.9. The van der Waals surface area contributed by atoms with Crippen molar-refractivity contribution >= 4 is 11.9 Å². The van der Waals surface area contributed by atoms with E-state index in [9.17, 15) is 4.79 Å². The maximum atomic E-state index is 13.0. The van der Waals surface area contributed by atoms with Crippen LogP contribution in [0.5, 0.6) is 11.5 Å². The highest BCUT2D eigenvalue weighted by Gasteiger charge is 2.29. The Morgan fingerprint density at radius 1 is 1.23 bits per heavy atom. The molecule has 0 saturated carbocycles. The first kappa shape index (κ1) is 20.8. The Morgan fingerprint density at radius 2 is 2.06 bits per heavy atom. The molecule has 1 unspecified atom stereocenters. The van der Waals surface area contributed by atoms with E-state index in [1.807, 2.05) is 37.3 Å². The molecule has 0 aliphatic carbocycles. The Labute approximate surface area is 181 Å². The van der Waals surface area contributed by atoms with Crippen LogP contribution in [-0.2, 0) is 6.42 Å². The van der Waals surface area contributed by atoms with E-state index in [1.54, 1.807) is 6.08 Å². The number of tetrazole rings is 1. The smallest absolute Gasteiger partial charge is 0.218 e. The Hall–Kier alpha value is -3.48. The summed E-state index contributed by atoms with van der Waals surface area (Å²) in [6.45, 7) is 4.38. The Morgan fingerprint density at radius 3 is 2.81 bits per heavy atom. The molecule has 4 rings (SSSR count). The predicted octanol–water partition coefficient (Wildman–Crippen LogP) is 4.65. The molecular formula is C24H26N4O3. The molecule has 0 saturated heterocycles. The van der Waals surface area contributed by atoms with Gasteiger partial charge in [0.2, 0.25) is 5.82 Å². The van der Waals surface area contributed by atoms with Crippen LogP contribution in [-0.4, -0.2) is 33.0 Å². The summed E-state index contributed by atoms with van der Waals surface area (Å²) in [5.74, 6) is 1.20. The molecule has 160 valence electrons. The highest BCUT2D eigenvalue weighted by Crippen LogP contribution is 2.39. The third-order valence-electron chi connectivity index (χ3n) is 5.24. The van der Waals surface area contributed by atoms with Crippen LogP contribution >= 0.6 is 0 Å². The molecule has 3 aromatic rings. The van der Waals surface area contributed by atoms with Gasteiger partial charge in [0, 0.05) is 0 Å². The monoisotopic (exact) mass is 418 g/mol. The molecule has 1 aliphatic heterocycles. The van der Waals surface area contributed by atoms with Gasteiger partial charge in [0.05, 0.1) is 5.56 Å². The van der Waals surface area contributed by atoms with Gasteiger partial charge in [-0.25, -0.2) is 0 Å². The molecular weight excluding hydrogens is 392 g/mol. The van der Waals surface area contributed by atoms with Crippen molar-refractivity contribution in [2.75, 3.05) is 6.61 Å². The number of fused-ring (bicyclic) bond motifs is 1. The second kappa shape index (κ2) is 9.55. The first-order valence-corrected chi connectivity index (χ1v) is 10.6. The molecule has 0 fully saturated rings. The van der Waals surface area contributed by atoms with Gasteiger partial charge in [-0.3, -0.25) is 4.79 Å². The number of allylic oxidation sites excluding steroid dienone is 1. The van der Waals surface area contributed by atoms with Crippen LogP contribution in [0.3, 0.4) is 0 Å². The quantitative estimate of drug-likeness (QED) is 0.325. The second-order valence-corrected chi connectivity index (χ2v) is 7.72. The molecule has 1 atom stereocenters. The van der Waals surface area contributed by atoms with Gasteiger partial charge < -0.3 is 9.47 Å². The van der Waals surface area contributed by atoms with Gasteiger partial charge in [0.15, 0.2) is 23.4 Å². The summed E-state index contributed by atoms with van der Waals surface area (Å²) in [5.41, 5.74) is 3.68. The average Bonchev–Trinajstić information content (AvgIpc) is 3.32. The largest absolute Gasteiger partial charge is 0.485 e. The zero-order valence-corrected chi connectivity index (χ0v) is 17.8. The molecule has 1 aliphatic rings. The molecule has 0 amide bonds. The molecule has 2 aromatic carbocycles. The van der Waals surface area contributed by atoms with E-state index >= 15 is 0 Å². The van der Waals surface area contributed by atoms with Crippen LogP contribution in [0.1, 0.15) is 65.2 Å². The van der Waals surface area contributed by atoms with Gasteiger partial charge in [-0.2, -0.15) is 5.21 Å². The molecule has 2 heterocycles. The van der Waals surface area contributed by atoms with Gasteiger partial charge in [0.25, 0.3) is 0 Å². The van der Waals surface area contributed by atoms with E-state index in [4.69, 9.17) is 9.47 Å². The number of aromatic amines is 1. The Balaban J connectivity index is 1.50. The van der Waals surface area contributed by atoms with E-state index in [2.05, 4.69) is 39.7 Å². The van der Waals surface area contributed by atoms with Crippen LogP contribution in [0, 0.1) is 6.92 Å². The normalized spacial score (nSPS) is 15.4. The van der Waals surface area contributed by atoms with Crippen LogP contribution in [0.4, 0.5) is 0 Å². The number of ether oxygens (including phenoxy) is 2. The predicted molar refractivity (Wildman–Crippen MR) is 117 cm³/mol. The van der Waals surface area contributed by atoms with Gasteiger partial charge in [-0.1, -0.05) is 55.3 Å². The molecule has 0 spiro atoms. The molecule has 0 bridgehead atoms. The zero-order chi connectivity index (χ0) is 21.6. The maximum Gasteiger partial charge on any atom is 0.218 e. The van der Waals surface area contributed by atoms with E-state index < -0.39 is 6.10 Å². The van der Waals surface area contributed by atoms with Crippen molar-refractivity contribution in [1.29, 1.82) is 0 Å². The van der Waals surface area contributed by atoms with Gasteiger partial charge in [-0.15, -0.1) is 10.2 Å². The molecule has 1 N–H and O–H groups in total. The summed E-state index contributed by atoms with van der Waals surface area (Å²) in [6, 6.07) is 12.0. The number of ketones is 1. The molecule has 7 nitrogen and oxygen atoms in total. The van der Waals surface area contributed by atoms with Crippen molar-refractivity contribution in [2.24, 2.45) is 0 Å². The lowest BCUT2D eigenvalue weighted by Gasteiger charge is -2.26. The van der Waals surface area contributed by atoms with Crippen molar-refractivity contribution in [2.45, 2.75) is 45.6 Å². The van der Waals surface area contributed by atoms with E-state index in [0.717, 1.165) is 17.5 Å². The zero-order valence-electron chi connectivity index (χ0n) is 17.8. The minimum Gasteiger partial charge on any atom is -0.485 e. The third kappa shape index (κ3) is 4.99. The van der Waals surface area contributed by atoms with E-state index in [-0.39, 0.29) is 12.4 Å². The number of aryl methyl sites for hydroxylation is 2. The Kier molecular flexibility index (Phi) is 6.40. The number of nitrogens with zero attached hydrogens (tertiary/aromatic N) is 3. The fraction of sp³-hybridized carbons (Fsp3) is 0.333. The molecule has 0 radical (unpaired) electrons. The lowest BCUT2D eigenvalue weighted by molar-refractivity contribution is 0.0816. The minimum atomic E-state index is -0.523. The topological polar surface area (TPSA) is 90.0 Å². The van der Waals surface area contributed by atoms with E-state index in [1.165, 1.54) is 24.8 Å². The van der Waals surface area contributed by atoms with Gasteiger partial charge in [0.1, 0.15) is 6.61 Å². The van der Waals surface area contributed by atoms with Crippen LogP contribution in [0.2, 0.25) is 0 Å². The molecule has 1 aromatic heterocycles. The summed E-state index contributed by atoms with van der Waals surface area (Å²) in [6.07, 6.45) is 7.63. The van der Waals surface area contributed by atoms with Crippen molar-refractivity contribution < 1.29 is 14.3 Å². The maximum absolute atomic E-state index is 13.0. The minimum absolute atomic E-state index is 0.149. The number of rotatable bonds is 8. The van der Waals surface area contributed by atoms with Crippen molar-refractivity contribution in [3.05, 3.63) is 70.6 Å². The van der Waals surface area contributed by atoms with Crippen LogP contribution in [0.25, 0.3) is 6.08 Å². The number of carbonyl (C=O) groups is 1. The summed E-state index contributed by atoms with van der Waals surface area (Å²) < 4.78 is 11.9. The standard InChI is InChI=1S/C24H26N4O3/c1-3-4-5-6-17-7-9-18(10-8-17)11-12-20(29)19-13-16(2)14-21-23(19)31-22(15-30-21)24-25-27-28-26-24/h7-14,22H,3-6,15H2,1-2H3,(H,25,26,27,28)/b12-11+. The number of aromatic nitrogens is 4. The summed E-state index contributed by atoms with van der Waals surface area (Å²) in [4.78, 5) is 13.0. The third-order valence-corrected chi connectivity index (χ3v) is 5.24. The number of benzene rings is 2. The summed E-state index contributed by atoms with van der Waals surface area (Å²) >= 11 is 0. The lowest BCUT2D eigenvalue weighted by Crippen LogP contribution is -2.24. The van der Waals surface area contributed by atoms with Gasteiger partial charge in [-0.05, 0) is 54.7 Å². The lowest BCUT2D eigenvalue weighted by atomic mass is 10.0. The summed E-state index contributed by atoms with van der Waals surface area (Å²) in [7, 11) is 0. The number of hydrogen-bond acceptors (Lipinski definition) is 6. The highest BCUT2D eigenvalue weighted by atomic mass is 16.6. The number of nitrogens with one attached hydrogen (secondary N) is 1. The van der Waals surface area contributed by atoms with Crippen molar-refractivity contribution in [3.63, 3.8) is 0 Å². The first-order chi connectivity index (χ1) is 15.1. The van der Waals surface area contributed by atoms with Gasteiger partial charge >= 0.3 is 0 Å². The van der Waals surface area contributed by atoms with Crippen molar-refractivity contribution in [3.8, 4) is 11.5 Å². The van der Waals surface area contributed by atoms with Crippen LogP contribution in [0.15, 0.2) is 42.5 Å².